The summed E-state index contributed by atoms with van der Waals surface area (Å²) in [6, 6.07) is 60.2. The average Bonchev–Trinajstić information content (AvgIpc) is 3.66. The fraction of sp³-hybridized carbons (Fsp3) is 0. The minimum absolute atomic E-state index is 0.118. The van der Waals surface area contributed by atoms with Gasteiger partial charge in [-0.1, -0.05) is 194 Å². The molecule has 4 nitrogen and oxygen atoms in total. The predicted octanol–water partition coefficient (Wildman–Crippen LogP) is 13.0. The Morgan fingerprint density at radius 2 is 0.709 bits per heavy atom. The van der Waals surface area contributed by atoms with E-state index in [0.717, 1.165) is 55.6 Å². The molecule has 0 spiro atoms. The van der Waals surface area contributed by atoms with E-state index in [4.69, 9.17) is 19.1 Å². The molecule has 0 atom stereocenters. The van der Waals surface area contributed by atoms with Crippen molar-refractivity contribution in [2.24, 2.45) is 0 Å². The fourth-order valence-electron chi connectivity index (χ4n) is 7.20. The van der Waals surface area contributed by atoms with Gasteiger partial charge in [0.25, 0.3) is 0 Å². The average molecular weight is 707 g/mol. The smallest absolute Gasteiger partial charge is 0.238 e. The Balaban J connectivity index is 1.19. The maximum atomic E-state index is 9.23. The number of hydrogen-bond donors (Lipinski definition) is 0. The van der Waals surface area contributed by atoms with E-state index in [2.05, 4.69) is 84.9 Å². The van der Waals surface area contributed by atoms with Crippen molar-refractivity contribution in [3.05, 3.63) is 206 Å². The second-order valence-corrected chi connectivity index (χ2v) is 13.4. The van der Waals surface area contributed by atoms with Gasteiger partial charge in [-0.3, -0.25) is 4.57 Å². The first-order chi connectivity index (χ1) is 28.9. The van der Waals surface area contributed by atoms with Crippen molar-refractivity contribution in [1.29, 1.82) is 0 Å². The van der Waals surface area contributed by atoms with Crippen LogP contribution in [-0.2, 0) is 0 Å². The lowest BCUT2D eigenvalue weighted by Gasteiger charge is -2.12. The molecular weight excluding hydrogens is 669 g/mol. The molecule has 4 heteroatoms. The number of benzene rings is 8. The van der Waals surface area contributed by atoms with E-state index in [0.29, 0.717) is 33.5 Å². The van der Waals surface area contributed by atoms with Gasteiger partial charge in [-0.05, 0) is 56.6 Å². The van der Waals surface area contributed by atoms with Gasteiger partial charge in [-0.2, -0.15) is 9.97 Å². The van der Waals surface area contributed by atoms with Crippen molar-refractivity contribution < 1.29 is 5.48 Å². The highest BCUT2D eigenvalue weighted by Gasteiger charge is 2.19. The van der Waals surface area contributed by atoms with Crippen LogP contribution in [0.3, 0.4) is 0 Å². The summed E-state index contributed by atoms with van der Waals surface area (Å²) in [5.41, 5.74) is 10.9. The highest BCUT2D eigenvalue weighted by atomic mass is 15.2. The molecule has 55 heavy (non-hydrogen) atoms. The quantitative estimate of drug-likeness (QED) is 0.166. The van der Waals surface area contributed by atoms with Gasteiger partial charge in [0, 0.05) is 21.9 Å². The predicted molar refractivity (Wildman–Crippen MR) is 227 cm³/mol. The van der Waals surface area contributed by atoms with Crippen molar-refractivity contribution in [3.8, 4) is 73.2 Å². The first-order valence-electron chi connectivity index (χ1n) is 20.2. The van der Waals surface area contributed by atoms with Gasteiger partial charge >= 0.3 is 0 Å². The van der Waals surface area contributed by atoms with Gasteiger partial charge < -0.3 is 0 Å². The van der Waals surface area contributed by atoms with Crippen LogP contribution >= 0.6 is 0 Å². The number of para-hydroxylation sites is 1. The largest absolute Gasteiger partial charge is 0.278 e. The molecule has 2 heterocycles. The van der Waals surface area contributed by atoms with Gasteiger partial charge in [0.2, 0.25) is 5.95 Å². The van der Waals surface area contributed by atoms with Crippen LogP contribution in [0.4, 0.5) is 0 Å². The summed E-state index contributed by atoms with van der Waals surface area (Å²) in [6.07, 6.45) is 0. The molecule has 0 bridgehead atoms. The molecule has 10 rings (SSSR count). The van der Waals surface area contributed by atoms with Crippen LogP contribution in [0.15, 0.2) is 206 Å². The molecule has 0 N–H and O–H groups in total. The molecule has 0 amide bonds. The lowest BCUT2D eigenvalue weighted by Crippen LogP contribution is -2.06. The number of fused-ring (bicyclic) bond motifs is 3. The highest BCUT2D eigenvalue weighted by molar-refractivity contribution is 6.10. The van der Waals surface area contributed by atoms with Crippen molar-refractivity contribution >= 4 is 21.8 Å². The lowest BCUT2D eigenvalue weighted by atomic mass is 9.99. The lowest BCUT2D eigenvalue weighted by molar-refractivity contribution is 0.953. The molecule has 0 aliphatic rings. The first kappa shape index (κ1) is 28.1. The van der Waals surface area contributed by atoms with Gasteiger partial charge in [-0.25, -0.2) is 4.98 Å². The van der Waals surface area contributed by atoms with Crippen LogP contribution in [0.2, 0.25) is 0 Å². The number of aromatic nitrogens is 4. The maximum absolute atomic E-state index is 9.23. The van der Waals surface area contributed by atoms with E-state index >= 15 is 0 Å². The molecule has 0 aliphatic heterocycles. The molecule has 0 saturated heterocycles. The Labute approximate surface area is 325 Å². The zero-order chi connectivity index (χ0) is 40.0. The molecule has 0 unspecified atom stereocenters. The summed E-state index contributed by atoms with van der Waals surface area (Å²) in [7, 11) is 0. The summed E-state index contributed by atoms with van der Waals surface area (Å²) >= 11 is 0. The Bertz CT molecular complexity index is 3050. The van der Waals surface area contributed by atoms with E-state index in [1.165, 1.54) is 0 Å². The third-order valence-electron chi connectivity index (χ3n) is 10.0. The highest BCUT2D eigenvalue weighted by Crippen LogP contribution is 2.36. The first-order valence-corrected chi connectivity index (χ1v) is 18.2. The van der Waals surface area contributed by atoms with E-state index in [1.54, 1.807) is 4.57 Å². The van der Waals surface area contributed by atoms with Crippen LogP contribution < -0.4 is 0 Å². The fourth-order valence-corrected chi connectivity index (χ4v) is 7.20. The molecule has 258 valence electrons. The standard InChI is InChI=1S/C51H34N4/c1-4-12-35(13-5-1)38-20-22-41(23-21-38)44-32-33-46-45-18-10-11-19-47(45)55(48(46)34-44)51-53-49(42-28-24-39(25-29-42)36-14-6-2-7-15-36)52-50(54-51)43-30-26-40(27-31-43)37-16-8-3-9-17-37/h1-34H/i10D,11D,18D,19D. The zero-order valence-electron chi connectivity index (χ0n) is 33.6. The second-order valence-electron chi connectivity index (χ2n) is 13.4. The molecule has 8 aromatic carbocycles. The maximum Gasteiger partial charge on any atom is 0.238 e. The Kier molecular flexibility index (Phi) is 7.08. The third kappa shape index (κ3) is 6.16. The number of rotatable bonds is 7. The van der Waals surface area contributed by atoms with Crippen molar-refractivity contribution in [2.75, 3.05) is 0 Å². The minimum atomic E-state index is -0.328. The summed E-state index contributed by atoms with van der Waals surface area (Å²) in [5, 5.41) is 1.07. The molecule has 0 aliphatic carbocycles. The van der Waals surface area contributed by atoms with E-state index in [-0.39, 0.29) is 30.1 Å². The van der Waals surface area contributed by atoms with E-state index in [1.807, 2.05) is 97.1 Å². The summed E-state index contributed by atoms with van der Waals surface area (Å²) in [6.45, 7) is 0. The van der Waals surface area contributed by atoms with E-state index < -0.39 is 0 Å². The number of hydrogen-bond acceptors (Lipinski definition) is 3. The summed E-state index contributed by atoms with van der Waals surface area (Å²) in [5.74, 6) is 1.10. The van der Waals surface area contributed by atoms with Crippen LogP contribution in [0, 0.1) is 0 Å². The molecule has 0 saturated carbocycles. The monoisotopic (exact) mass is 706 g/mol. The summed E-state index contributed by atoms with van der Waals surface area (Å²) < 4.78 is 37.5. The molecule has 10 aromatic rings. The van der Waals surface area contributed by atoms with Gasteiger partial charge in [0.15, 0.2) is 11.6 Å². The summed E-state index contributed by atoms with van der Waals surface area (Å²) in [4.78, 5) is 15.2. The topological polar surface area (TPSA) is 43.6 Å². The zero-order valence-corrected chi connectivity index (χ0v) is 29.6. The van der Waals surface area contributed by atoms with Crippen LogP contribution in [-0.4, -0.2) is 19.5 Å². The molecule has 2 aromatic heterocycles. The minimum Gasteiger partial charge on any atom is -0.278 e. The van der Waals surface area contributed by atoms with Crippen LogP contribution in [0.5, 0.6) is 0 Å². The van der Waals surface area contributed by atoms with Gasteiger partial charge in [-0.15, -0.1) is 0 Å². The Hall–Kier alpha value is -7.43. The van der Waals surface area contributed by atoms with Crippen molar-refractivity contribution in [1.82, 2.24) is 19.5 Å². The molecule has 0 radical (unpaired) electrons. The van der Waals surface area contributed by atoms with Crippen molar-refractivity contribution in [2.45, 2.75) is 0 Å². The Morgan fingerprint density at radius 1 is 0.327 bits per heavy atom. The van der Waals surface area contributed by atoms with Gasteiger partial charge in [0.05, 0.1) is 16.5 Å². The van der Waals surface area contributed by atoms with Crippen LogP contribution in [0.1, 0.15) is 5.48 Å². The van der Waals surface area contributed by atoms with Crippen molar-refractivity contribution in [3.63, 3.8) is 0 Å². The van der Waals surface area contributed by atoms with E-state index in [9.17, 15) is 1.37 Å². The SMILES string of the molecule is [2H]c1c([2H])c([2H])c2c(c1[2H])c1ccc(-c3ccc(-c4ccccc4)cc3)cc1n2-c1nc(-c2ccc(-c3ccccc3)cc2)nc(-c2ccc(-c3ccccc3)cc2)n1. The van der Waals surface area contributed by atoms with Gasteiger partial charge in [0.1, 0.15) is 0 Å². The third-order valence-corrected chi connectivity index (χ3v) is 10.0. The number of nitrogens with zero attached hydrogens (tertiary/aromatic N) is 4. The second kappa shape index (κ2) is 13.8. The van der Waals surface area contributed by atoms with Crippen LogP contribution in [0.25, 0.3) is 95.0 Å². The Morgan fingerprint density at radius 3 is 1.18 bits per heavy atom. The molecule has 0 fully saturated rings. The normalized spacial score (nSPS) is 12.3. The molecular formula is C51H34N4.